The molecule has 2 N–H and O–H groups in total. The molecule has 0 radical (unpaired) electrons. The van der Waals surface area contributed by atoms with Gasteiger partial charge in [-0.2, -0.15) is 0 Å². The fourth-order valence-electron chi connectivity index (χ4n) is 2.96. The van der Waals surface area contributed by atoms with Crippen LogP contribution in [0.3, 0.4) is 0 Å². The van der Waals surface area contributed by atoms with Crippen molar-refractivity contribution < 1.29 is 22.7 Å². The Labute approximate surface area is 230 Å². The monoisotopic (exact) mass is 591 g/mol. The van der Waals surface area contributed by atoms with Gasteiger partial charge in [0.05, 0.1) is 23.3 Å². The summed E-state index contributed by atoms with van der Waals surface area (Å²) in [5.41, 5.74) is 1.04. The number of hydrogen-bond acceptors (Lipinski definition) is 12. The quantitative estimate of drug-likeness (QED) is 0.207. The van der Waals surface area contributed by atoms with Crippen LogP contribution >= 0.6 is 34.4 Å². The zero-order valence-corrected chi connectivity index (χ0v) is 23.5. The van der Waals surface area contributed by atoms with Crippen LogP contribution in [0.25, 0.3) is 10.6 Å². The van der Waals surface area contributed by atoms with Crippen molar-refractivity contribution in [2.24, 2.45) is 0 Å². The van der Waals surface area contributed by atoms with E-state index in [0.717, 1.165) is 33.0 Å². The largest absolute Gasteiger partial charge is 0.496 e. The maximum Gasteiger partial charge on any atom is 0.257 e. The predicted octanol–water partition coefficient (Wildman–Crippen LogP) is 3.30. The van der Waals surface area contributed by atoms with E-state index in [-0.39, 0.29) is 27.3 Å². The Morgan fingerprint density at radius 3 is 2.34 bits per heavy atom. The van der Waals surface area contributed by atoms with E-state index >= 15 is 0 Å². The normalized spacial score (nSPS) is 11.4. The molecule has 0 saturated carbocycles. The molecule has 0 aliphatic rings. The number of para-hydroxylation sites is 1. The number of ether oxygens (including phenoxy) is 1. The molecule has 0 bridgehead atoms. The SMILES string of the molecule is COc1ccccc1-c1nnc(NC(=O)CSc2nnc(NC(=O)c3ccc(S(=O)(=O)N(C)C)cc3)s2)s1. The Kier molecular flexibility index (Phi) is 8.68. The molecule has 2 aromatic carbocycles. The van der Waals surface area contributed by atoms with Crippen LogP contribution in [0.5, 0.6) is 5.75 Å². The number of anilines is 2. The molecule has 0 aliphatic carbocycles. The van der Waals surface area contributed by atoms with Crippen LogP contribution in [0.15, 0.2) is 57.8 Å². The summed E-state index contributed by atoms with van der Waals surface area (Å²) in [7, 11) is 0.845. The number of nitrogens with one attached hydrogen (secondary N) is 2. The molecule has 2 amide bonds. The second-order valence-corrected chi connectivity index (χ2v) is 12.9. The lowest BCUT2D eigenvalue weighted by molar-refractivity contribution is -0.113. The first kappa shape index (κ1) is 27.6. The van der Waals surface area contributed by atoms with E-state index in [1.807, 2.05) is 24.3 Å². The molecule has 38 heavy (non-hydrogen) atoms. The number of thioether (sulfide) groups is 1. The highest BCUT2D eigenvalue weighted by molar-refractivity contribution is 8.01. The van der Waals surface area contributed by atoms with Gasteiger partial charge in [-0.15, -0.1) is 20.4 Å². The number of sulfonamides is 1. The smallest absolute Gasteiger partial charge is 0.257 e. The van der Waals surface area contributed by atoms with Crippen molar-refractivity contribution in [3.8, 4) is 16.3 Å². The number of nitrogens with zero attached hydrogens (tertiary/aromatic N) is 5. The minimum absolute atomic E-state index is 0.0496. The van der Waals surface area contributed by atoms with Gasteiger partial charge in [0.15, 0.2) is 9.35 Å². The molecule has 16 heteroatoms. The summed E-state index contributed by atoms with van der Waals surface area (Å²) in [6.07, 6.45) is 0. The topological polar surface area (TPSA) is 156 Å². The van der Waals surface area contributed by atoms with E-state index in [1.165, 1.54) is 49.7 Å². The van der Waals surface area contributed by atoms with Crippen molar-refractivity contribution in [3.63, 3.8) is 0 Å². The fraction of sp³-hybridized carbons (Fsp3) is 0.182. The predicted molar refractivity (Wildman–Crippen MR) is 146 cm³/mol. The summed E-state index contributed by atoms with van der Waals surface area (Å²) in [5, 5.41) is 22.6. The lowest BCUT2D eigenvalue weighted by Gasteiger charge is -2.11. The third kappa shape index (κ3) is 6.51. The van der Waals surface area contributed by atoms with Crippen LogP contribution in [-0.2, 0) is 14.8 Å². The number of amides is 2. The molecule has 198 valence electrons. The van der Waals surface area contributed by atoms with Crippen molar-refractivity contribution in [1.29, 1.82) is 0 Å². The van der Waals surface area contributed by atoms with Crippen LogP contribution in [0, 0.1) is 0 Å². The molecule has 0 fully saturated rings. The Balaban J connectivity index is 1.29. The van der Waals surface area contributed by atoms with E-state index in [2.05, 4.69) is 31.0 Å². The highest BCUT2D eigenvalue weighted by Crippen LogP contribution is 2.33. The molecule has 12 nitrogen and oxygen atoms in total. The Hall–Kier alpha value is -3.44. The second-order valence-electron chi connectivity index (χ2n) is 7.59. The number of carbonyl (C=O) groups excluding carboxylic acids is 2. The van der Waals surface area contributed by atoms with Crippen LogP contribution < -0.4 is 15.4 Å². The summed E-state index contributed by atoms with van der Waals surface area (Å²) in [6.45, 7) is 0. The summed E-state index contributed by atoms with van der Waals surface area (Å²) in [6, 6.07) is 13.0. The van der Waals surface area contributed by atoms with Gasteiger partial charge in [-0.3, -0.25) is 20.2 Å². The molecule has 0 atom stereocenters. The van der Waals surface area contributed by atoms with E-state index < -0.39 is 15.9 Å². The first-order chi connectivity index (χ1) is 18.2. The van der Waals surface area contributed by atoms with Crippen LogP contribution in [0.1, 0.15) is 10.4 Å². The van der Waals surface area contributed by atoms with E-state index in [1.54, 1.807) is 7.11 Å². The average molecular weight is 592 g/mol. The minimum Gasteiger partial charge on any atom is -0.496 e. The van der Waals surface area contributed by atoms with Crippen LogP contribution in [0.2, 0.25) is 0 Å². The Morgan fingerprint density at radius 1 is 0.947 bits per heavy atom. The minimum atomic E-state index is -3.59. The molecular weight excluding hydrogens is 571 g/mol. The van der Waals surface area contributed by atoms with E-state index in [0.29, 0.717) is 20.2 Å². The highest BCUT2D eigenvalue weighted by atomic mass is 32.2. The molecule has 2 heterocycles. The van der Waals surface area contributed by atoms with Gasteiger partial charge in [0.2, 0.25) is 26.2 Å². The lowest BCUT2D eigenvalue weighted by Crippen LogP contribution is -2.22. The summed E-state index contributed by atoms with van der Waals surface area (Å²) in [5.74, 6) is -0.0586. The average Bonchev–Trinajstić information content (AvgIpc) is 3.56. The lowest BCUT2D eigenvalue weighted by atomic mass is 10.2. The summed E-state index contributed by atoms with van der Waals surface area (Å²) >= 11 is 3.49. The molecular formula is C22H21N7O5S4. The number of aromatic nitrogens is 4. The zero-order valence-electron chi connectivity index (χ0n) is 20.2. The first-order valence-electron chi connectivity index (χ1n) is 10.7. The number of rotatable bonds is 10. The van der Waals surface area contributed by atoms with Gasteiger partial charge in [-0.1, -0.05) is 46.6 Å². The molecule has 0 aliphatic heterocycles. The highest BCUT2D eigenvalue weighted by Gasteiger charge is 2.18. The van der Waals surface area contributed by atoms with Crippen molar-refractivity contribution in [1.82, 2.24) is 24.7 Å². The summed E-state index contributed by atoms with van der Waals surface area (Å²) in [4.78, 5) is 25.0. The van der Waals surface area contributed by atoms with Crippen molar-refractivity contribution in [3.05, 3.63) is 54.1 Å². The molecule has 0 unspecified atom stereocenters. The number of benzene rings is 2. The van der Waals surface area contributed by atoms with Gasteiger partial charge in [0.1, 0.15) is 5.75 Å². The van der Waals surface area contributed by atoms with Crippen LogP contribution in [0.4, 0.5) is 10.3 Å². The van der Waals surface area contributed by atoms with Crippen molar-refractivity contribution >= 4 is 66.5 Å². The van der Waals surface area contributed by atoms with Crippen LogP contribution in [-0.4, -0.2) is 71.9 Å². The number of carbonyl (C=O) groups is 2. The second kappa shape index (κ2) is 12.0. The maximum atomic E-state index is 12.5. The standard InChI is InChI=1S/C22H21N7O5S4/c1-29(2)38(32,33)14-10-8-13(9-11-14)18(31)24-21-27-28-22(37-21)35-12-17(30)23-20-26-25-19(36-20)15-6-4-5-7-16(15)34-3/h4-11H,12H2,1-3H3,(H,23,26,30)(H,24,27,31). The number of methoxy groups -OCH3 is 1. The first-order valence-corrected chi connectivity index (χ1v) is 14.8. The number of hydrogen-bond donors (Lipinski definition) is 2. The van der Waals surface area contributed by atoms with Gasteiger partial charge in [-0.25, -0.2) is 12.7 Å². The van der Waals surface area contributed by atoms with Gasteiger partial charge in [-0.05, 0) is 36.4 Å². The van der Waals surface area contributed by atoms with Gasteiger partial charge in [0, 0.05) is 19.7 Å². The molecule has 4 aromatic rings. The van der Waals surface area contributed by atoms with Gasteiger partial charge in [0.25, 0.3) is 5.91 Å². The molecule has 2 aromatic heterocycles. The molecule has 0 spiro atoms. The van der Waals surface area contributed by atoms with Gasteiger partial charge >= 0.3 is 0 Å². The third-order valence-corrected chi connectivity index (χ3v) is 9.53. The molecule has 0 saturated heterocycles. The van der Waals surface area contributed by atoms with Gasteiger partial charge < -0.3 is 4.74 Å². The maximum absolute atomic E-state index is 12.5. The van der Waals surface area contributed by atoms with Crippen molar-refractivity contribution in [2.75, 3.05) is 37.6 Å². The van der Waals surface area contributed by atoms with E-state index in [4.69, 9.17) is 4.74 Å². The molecule has 4 rings (SSSR count). The van der Waals surface area contributed by atoms with E-state index in [9.17, 15) is 18.0 Å². The fourth-order valence-corrected chi connectivity index (χ4v) is 6.20. The Morgan fingerprint density at radius 2 is 1.63 bits per heavy atom. The zero-order chi connectivity index (χ0) is 27.3. The van der Waals surface area contributed by atoms with Crippen molar-refractivity contribution in [2.45, 2.75) is 9.24 Å². The summed E-state index contributed by atoms with van der Waals surface area (Å²) < 4.78 is 31.3. The Bertz CT molecular complexity index is 1550. The third-order valence-electron chi connectivity index (χ3n) is 4.86.